The van der Waals surface area contributed by atoms with Gasteiger partial charge in [-0.3, -0.25) is 14.2 Å². The average Bonchev–Trinajstić information content (AvgIpc) is 2.99. The number of amides is 1. The van der Waals surface area contributed by atoms with E-state index < -0.39 is 0 Å². The summed E-state index contributed by atoms with van der Waals surface area (Å²) >= 11 is 3.43. The maximum absolute atomic E-state index is 12.4. The third-order valence-corrected chi connectivity index (χ3v) is 4.49. The molecule has 1 N–H and O–H groups in total. The second-order valence-electron chi connectivity index (χ2n) is 5.67. The second kappa shape index (κ2) is 7.01. The van der Waals surface area contributed by atoms with Gasteiger partial charge < -0.3 is 5.32 Å². The van der Waals surface area contributed by atoms with Crippen LogP contribution in [0.15, 0.2) is 59.2 Å². The molecular weight excluding hydrogens is 368 g/mol. The molecule has 0 aliphatic rings. The molecule has 0 spiro atoms. The summed E-state index contributed by atoms with van der Waals surface area (Å²) in [6.45, 7) is 1.98. The molecule has 0 aliphatic carbocycles. The van der Waals surface area contributed by atoms with Gasteiger partial charge in [0.2, 0.25) is 11.8 Å². The number of benzene rings is 2. The zero-order valence-corrected chi connectivity index (χ0v) is 14.8. The van der Waals surface area contributed by atoms with Gasteiger partial charge in [0.25, 0.3) is 0 Å². The Bertz CT molecular complexity index is 915. The lowest BCUT2D eigenvalue weighted by Gasteiger charge is -2.08. The van der Waals surface area contributed by atoms with Gasteiger partial charge >= 0.3 is 0 Å². The van der Waals surface area contributed by atoms with E-state index >= 15 is 0 Å². The Hall–Kier alpha value is -2.40. The molecule has 1 heterocycles. The summed E-state index contributed by atoms with van der Waals surface area (Å²) in [7, 11) is 0. The van der Waals surface area contributed by atoms with Crippen LogP contribution in [0.2, 0.25) is 0 Å². The monoisotopic (exact) mass is 384 g/mol. The number of nitrogens with zero attached hydrogens (tertiary/aromatic N) is 1. The van der Waals surface area contributed by atoms with Crippen molar-refractivity contribution in [3.05, 3.63) is 64.8 Å². The minimum atomic E-state index is -0.177. The van der Waals surface area contributed by atoms with Gasteiger partial charge in [0.05, 0.1) is 11.2 Å². The fourth-order valence-corrected chi connectivity index (χ4v) is 3.17. The molecule has 5 heteroatoms. The van der Waals surface area contributed by atoms with Crippen molar-refractivity contribution in [1.82, 2.24) is 4.57 Å². The summed E-state index contributed by atoms with van der Waals surface area (Å²) in [5.41, 5.74) is 2.68. The van der Waals surface area contributed by atoms with Crippen LogP contribution in [0, 0.1) is 6.92 Å². The maximum Gasteiger partial charge on any atom is 0.231 e. The van der Waals surface area contributed by atoms with Crippen molar-refractivity contribution in [3.63, 3.8) is 0 Å². The van der Waals surface area contributed by atoms with Gasteiger partial charge in [0.15, 0.2) is 0 Å². The van der Waals surface area contributed by atoms with Crippen molar-refractivity contribution in [2.24, 2.45) is 0 Å². The van der Waals surface area contributed by atoms with Crippen molar-refractivity contribution in [1.29, 1.82) is 0 Å². The van der Waals surface area contributed by atoms with Crippen LogP contribution in [0.3, 0.4) is 0 Å². The maximum atomic E-state index is 12.4. The Morgan fingerprint density at radius 1 is 1.08 bits per heavy atom. The number of carbonyl (C=O) groups is 2. The Balaban J connectivity index is 1.62. The van der Waals surface area contributed by atoms with Crippen molar-refractivity contribution in [3.8, 4) is 0 Å². The fourth-order valence-electron chi connectivity index (χ4n) is 2.58. The molecule has 0 bridgehead atoms. The van der Waals surface area contributed by atoms with E-state index in [-0.39, 0.29) is 24.7 Å². The minimum Gasteiger partial charge on any atom is -0.325 e. The molecule has 3 aromatic rings. The summed E-state index contributed by atoms with van der Waals surface area (Å²) in [4.78, 5) is 24.5. The number of hydrogen-bond acceptors (Lipinski definition) is 2. The largest absolute Gasteiger partial charge is 0.325 e. The van der Waals surface area contributed by atoms with E-state index in [1.54, 1.807) is 10.8 Å². The van der Waals surface area contributed by atoms with Gasteiger partial charge in [-0.2, -0.15) is 0 Å². The van der Waals surface area contributed by atoms with Crippen molar-refractivity contribution < 1.29 is 9.59 Å². The number of nitrogens with one attached hydrogen (secondary N) is 1. The van der Waals surface area contributed by atoms with Gasteiger partial charge in [-0.15, -0.1) is 0 Å². The summed E-state index contributed by atoms with van der Waals surface area (Å²) in [6, 6.07) is 15.3. The number of hydrogen-bond donors (Lipinski definition) is 1. The molecule has 1 amide bonds. The molecular formula is C19H17BrN2O2. The first kappa shape index (κ1) is 16.5. The Labute approximate surface area is 148 Å². The van der Waals surface area contributed by atoms with E-state index in [1.165, 1.54) is 0 Å². The lowest BCUT2D eigenvalue weighted by Crippen LogP contribution is -2.16. The molecule has 0 aliphatic heterocycles. The first-order valence-electron chi connectivity index (χ1n) is 7.70. The molecule has 0 radical (unpaired) electrons. The summed E-state index contributed by atoms with van der Waals surface area (Å²) in [5, 5.41) is 3.84. The predicted octanol–water partition coefficient (Wildman–Crippen LogP) is 4.77. The molecule has 2 aromatic carbocycles. The lowest BCUT2D eigenvalue weighted by molar-refractivity contribution is -0.116. The van der Waals surface area contributed by atoms with Gasteiger partial charge in [-0.1, -0.05) is 24.3 Å². The van der Waals surface area contributed by atoms with Crippen LogP contribution >= 0.6 is 15.9 Å². The van der Waals surface area contributed by atoms with Crippen LogP contribution in [-0.4, -0.2) is 16.4 Å². The molecule has 0 saturated heterocycles. The molecule has 0 atom stereocenters. The third-order valence-electron chi connectivity index (χ3n) is 3.83. The number of carbonyl (C=O) groups excluding carboxylic acids is 2. The summed E-state index contributed by atoms with van der Waals surface area (Å²) < 4.78 is 2.43. The Morgan fingerprint density at radius 2 is 1.88 bits per heavy atom. The molecule has 122 valence electrons. The third kappa shape index (κ3) is 3.57. The van der Waals surface area contributed by atoms with Crippen LogP contribution in [0.5, 0.6) is 0 Å². The first-order chi connectivity index (χ1) is 11.5. The second-order valence-corrected chi connectivity index (χ2v) is 6.52. The van der Waals surface area contributed by atoms with Gasteiger partial charge in [0.1, 0.15) is 0 Å². The topological polar surface area (TPSA) is 51.1 Å². The number of anilines is 1. The summed E-state index contributed by atoms with van der Waals surface area (Å²) in [5.74, 6) is -0.265. The van der Waals surface area contributed by atoms with E-state index in [0.717, 1.165) is 20.9 Å². The average molecular weight is 385 g/mol. The highest BCUT2D eigenvalue weighted by atomic mass is 79.9. The quantitative estimate of drug-likeness (QED) is 0.703. The number of aryl methyl sites for hydroxylation is 1. The van der Waals surface area contributed by atoms with Crippen LogP contribution < -0.4 is 5.32 Å². The van der Waals surface area contributed by atoms with Crippen LogP contribution in [0.25, 0.3) is 10.9 Å². The zero-order chi connectivity index (χ0) is 17.1. The molecule has 4 nitrogen and oxygen atoms in total. The van der Waals surface area contributed by atoms with E-state index in [2.05, 4.69) is 21.2 Å². The summed E-state index contributed by atoms with van der Waals surface area (Å²) in [6.07, 6.45) is 2.06. The van der Waals surface area contributed by atoms with Crippen LogP contribution in [0.4, 0.5) is 5.69 Å². The van der Waals surface area contributed by atoms with Crippen LogP contribution in [-0.2, 0) is 4.79 Å². The van der Waals surface area contributed by atoms with Crippen LogP contribution in [0.1, 0.15) is 23.2 Å². The SMILES string of the molecule is Cc1ccc(NC(=O)CCC(=O)n2ccc3ccccc32)c(Br)c1. The van der Waals surface area contributed by atoms with Crippen molar-refractivity contribution in [2.45, 2.75) is 19.8 Å². The predicted molar refractivity (Wildman–Crippen MR) is 99.3 cm³/mol. The molecule has 0 unspecified atom stereocenters. The normalized spacial score (nSPS) is 10.8. The smallest absolute Gasteiger partial charge is 0.231 e. The highest BCUT2D eigenvalue weighted by Gasteiger charge is 2.12. The number of aromatic nitrogens is 1. The fraction of sp³-hybridized carbons (Fsp3) is 0.158. The van der Waals surface area contributed by atoms with Crippen molar-refractivity contribution >= 4 is 44.3 Å². The Morgan fingerprint density at radius 3 is 2.67 bits per heavy atom. The standard InChI is InChI=1S/C19H17BrN2O2/c1-13-6-7-16(15(20)12-13)21-18(23)8-9-19(24)22-11-10-14-4-2-3-5-17(14)22/h2-7,10-12H,8-9H2,1H3,(H,21,23). The zero-order valence-electron chi connectivity index (χ0n) is 13.3. The van der Waals surface area contributed by atoms with E-state index in [1.807, 2.05) is 55.5 Å². The number of rotatable bonds is 4. The molecule has 1 aromatic heterocycles. The number of para-hydroxylation sites is 1. The highest BCUT2D eigenvalue weighted by molar-refractivity contribution is 9.10. The number of fused-ring (bicyclic) bond motifs is 1. The molecule has 0 saturated carbocycles. The number of halogens is 1. The minimum absolute atomic E-state index is 0.0886. The van der Waals surface area contributed by atoms with Gasteiger partial charge in [-0.05, 0) is 52.7 Å². The van der Waals surface area contributed by atoms with Gasteiger partial charge in [0, 0.05) is 28.9 Å². The highest BCUT2D eigenvalue weighted by Crippen LogP contribution is 2.23. The Kier molecular flexibility index (Phi) is 4.81. The molecule has 0 fully saturated rings. The van der Waals surface area contributed by atoms with E-state index in [9.17, 15) is 9.59 Å². The molecule has 24 heavy (non-hydrogen) atoms. The van der Waals surface area contributed by atoms with Gasteiger partial charge in [-0.25, -0.2) is 0 Å². The van der Waals surface area contributed by atoms with Crippen molar-refractivity contribution in [2.75, 3.05) is 5.32 Å². The van der Waals surface area contributed by atoms with E-state index in [0.29, 0.717) is 5.69 Å². The van der Waals surface area contributed by atoms with E-state index in [4.69, 9.17) is 0 Å². The lowest BCUT2D eigenvalue weighted by atomic mass is 10.2. The molecule has 3 rings (SSSR count). The first-order valence-corrected chi connectivity index (χ1v) is 8.49.